The molecular formula is C22H24N4O2S2. The van der Waals surface area contributed by atoms with Crippen molar-refractivity contribution < 1.29 is 9.90 Å². The molecule has 0 saturated heterocycles. The lowest BCUT2D eigenvalue weighted by Crippen LogP contribution is -2.20. The maximum atomic E-state index is 11.4. The van der Waals surface area contributed by atoms with Gasteiger partial charge in [-0.25, -0.2) is 9.97 Å². The summed E-state index contributed by atoms with van der Waals surface area (Å²) in [4.78, 5) is 21.6. The van der Waals surface area contributed by atoms with Gasteiger partial charge in [0.25, 0.3) is 0 Å². The lowest BCUT2D eigenvalue weighted by atomic mass is 10.2. The second kappa shape index (κ2) is 11.0. The first-order valence-corrected chi connectivity index (χ1v) is 11.3. The van der Waals surface area contributed by atoms with Crippen molar-refractivity contribution in [2.75, 3.05) is 16.6 Å². The zero-order valence-electron chi connectivity index (χ0n) is 16.8. The summed E-state index contributed by atoms with van der Waals surface area (Å²) in [5.74, 6) is 2.12. The highest BCUT2D eigenvalue weighted by Crippen LogP contribution is 2.26. The fourth-order valence-electron chi connectivity index (χ4n) is 2.51. The van der Waals surface area contributed by atoms with Gasteiger partial charge in [0.05, 0.1) is 6.61 Å². The van der Waals surface area contributed by atoms with E-state index in [4.69, 9.17) is 0 Å². The maximum Gasteiger partial charge on any atom is 0.191 e. The Labute approximate surface area is 185 Å². The minimum Gasteiger partial charge on any atom is -0.394 e. The molecule has 6 nitrogen and oxygen atoms in total. The molecule has 0 aliphatic heterocycles. The van der Waals surface area contributed by atoms with Crippen LogP contribution in [0.2, 0.25) is 0 Å². The average molecular weight is 441 g/mol. The summed E-state index contributed by atoms with van der Waals surface area (Å²) in [5.41, 5.74) is 1.88. The Morgan fingerprint density at radius 1 is 1.07 bits per heavy atom. The average Bonchev–Trinajstić information content (AvgIpc) is 2.77. The molecule has 0 fully saturated rings. The Morgan fingerprint density at radius 3 is 2.43 bits per heavy atom. The number of thioether (sulfide) groups is 1. The number of nitrogens with one attached hydrogen (secondary N) is 2. The summed E-state index contributed by atoms with van der Waals surface area (Å²) in [6, 6.07) is 19.3. The number of aromatic nitrogens is 2. The van der Waals surface area contributed by atoms with E-state index in [-0.39, 0.29) is 18.4 Å². The molecule has 0 radical (unpaired) electrons. The second-order valence-corrected chi connectivity index (χ2v) is 8.53. The molecule has 30 heavy (non-hydrogen) atoms. The minimum absolute atomic E-state index is 0.0104. The van der Waals surface area contributed by atoms with Crippen molar-refractivity contribution in [3.63, 3.8) is 0 Å². The molecule has 0 aliphatic rings. The van der Waals surface area contributed by atoms with Crippen LogP contribution in [-0.4, -0.2) is 33.5 Å². The van der Waals surface area contributed by atoms with Crippen molar-refractivity contribution in [2.45, 2.75) is 35.7 Å². The standard InChI is InChI=1S/C22H24N4O2S2/c1-15(13-27)23-20-12-21(26-30-19-10-8-18(9-11-19)16(2)28)25-22(24-20)29-14-17-6-4-3-5-7-17/h3-12,15,27H,13-14H2,1-2H3,(H2,23,24,25,26)/t15-/m1/s1. The quantitative estimate of drug-likeness (QED) is 0.178. The van der Waals surface area contributed by atoms with Crippen LogP contribution in [0.25, 0.3) is 0 Å². The van der Waals surface area contributed by atoms with E-state index < -0.39 is 0 Å². The summed E-state index contributed by atoms with van der Waals surface area (Å²) >= 11 is 2.96. The molecule has 0 bridgehead atoms. The van der Waals surface area contributed by atoms with Crippen molar-refractivity contribution in [1.82, 2.24) is 9.97 Å². The molecule has 1 atom stereocenters. The van der Waals surface area contributed by atoms with Crippen LogP contribution in [-0.2, 0) is 5.75 Å². The lowest BCUT2D eigenvalue weighted by molar-refractivity contribution is 0.101. The summed E-state index contributed by atoms with van der Waals surface area (Å²) in [7, 11) is 0. The van der Waals surface area contributed by atoms with E-state index in [1.54, 1.807) is 18.7 Å². The van der Waals surface area contributed by atoms with E-state index >= 15 is 0 Å². The molecule has 0 saturated carbocycles. The molecule has 0 aliphatic carbocycles. The Hall–Kier alpha value is -2.55. The molecule has 0 spiro atoms. The highest BCUT2D eigenvalue weighted by Gasteiger charge is 2.09. The van der Waals surface area contributed by atoms with Crippen LogP contribution < -0.4 is 10.0 Å². The molecule has 156 valence electrons. The summed E-state index contributed by atoms with van der Waals surface area (Å²) in [5, 5.41) is 13.2. The molecule has 8 heteroatoms. The smallest absolute Gasteiger partial charge is 0.191 e. The van der Waals surface area contributed by atoms with Gasteiger partial charge in [0, 0.05) is 28.3 Å². The van der Waals surface area contributed by atoms with Gasteiger partial charge in [0.2, 0.25) is 0 Å². The van der Waals surface area contributed by atoms with Gasteiger partial charge < -0.3 is 15.1 Å². The monoisotopic (exact) mass is 440 g/mol. The van der Waals surface area contributed by atoms with Gasteiger partial charge in [-0.15, -0.1) is 0 Å². The fraction of sp³-hybridized carbons (Fsp3) is 0.227. The summed E-state index contributed by atoms with van der Waals surface area (Å²) in [6.07, 6.45) is 0. The predicted molar refractivity (Wildman–Crippen MR) is 124 cm³/mol. The van der Waals surface area contributed by atoms with E-state index in [1.165, 1.54) is 17.5 Å². The first-order chi connectivity index (χ1) is 14.5. The van der Waals surface area contributed by atoms with Gasteiger partial charge in [-0.3, -0.25) is 4.79 Å². The van der Waals surface area contributed by atoms with Crippen LogP contribution in [0.5, 0.6) is 0 Å². The topological polar surface area (TPSA) is 87.1 Å². The van der Waals surface area contributed by atoms with Crippen LogP contribution in [0.3, 0.4) is 0 Å². The summed E-state index contributed by atoms with van der Waals surface area (Å²) in [6.45, 7) is 3.45. The molecule has 0 unspecified atom stereocenters. The Kier molecular flexibility index (Phi) is 8.12. The predicted octanol–water partition coefficient (Wildman–Crippen LogP) is 4.88. The van der Waals surface area contributed by atoms with E-state index in [2.05, 4.69) is 32.1 Å². The number of hydrogen-bond acceptors (Lipinski definition) is 8. The molecule has 3 aromatic rings. The number of hydrogen-bond donors (Lipinski definition) is 3. The van der Waals surface area contributed by atoms with Gasteiger partial charge in [0.15, 0.2) is 10.9 Å². The van der Waals surface area contributed by atoms with Crippen molar-refractivity contribution in [3.05, 3.63) is 71.8 Å². The van der Waals surface area contributed by atoms with E-state index in [0.717, 1.165) is 10.6 Å². The number of carbonyl (C=O) groups excluding carboxylic acids is 1. The molecular weight excluding hydrogens is 416 g/mol. The van der Waals surface area contributed by atoms with Crippen molar-refractivity contribution >= 4 is 41.1 Å². The van der Waals surface area contributed by atoms with Gasteiger partial charge in [-0.05, 0) is 43.5 Å². The van der Waals surface area contributed by atoms with Crippen LogP contribution in [0, 0.1) is 0 Å². The number of Topliss-reactive ketones (excluding diaryl/α,β-unsaturated/α-hetero) is 1. The zero-order chi connectivity index (χ0) is 21.3. The largest absolute Gasteiger partial charge is 0.394 e. The third-order valence-electron chi connectivity index (χ3n) is 4.12. The molecule has 0 amide bonds. The number of ketones is 1. The first kappa shape index (κ1) is 22.1. The van der Waals surface area contributed by atoms with Crippen LogP contribution in [0.15, 0.2) is 70.7 Å². The molecule has 1 aromatic heterocycles. The van der Waals surface area contributed by atoms with E-state index in [0.29, 0.717) is 22.4 Å². The fourth-order valence-corrected chi connectivity index (χ4v) is 3.92. The molecule has 3 N–H and O–H groups in total. The summed E-state index contributed by atoms with van der Waals surface area (Å²) < 4.78 is 3.24. The van der Waals surface area contributed by atoms with Gasteiger partial charge >= 0.3 is 0 Å². The van der Waals surface area contributed by atoms with Gasteiger partial charge in [-0.2, -0.15) is 0 Å². The number of aliphatic hydroxyl groups excluding tert-OH is 1. The van der Waals surface area contributed by atoms with Crippen molar-refractivity contribution in [2.24, 2.45) is 0 Å². The van der Waals surface area contributed by atoms with Crippen LogP contribution in [0.1, 0.15) is 29.8 Å². The number of rotatable bonds is 10. The lowest BCUT2D eigenvalue weighted by Gasteiger charge is -2.14. The first-order valence-electron chi connectivity index (χ1n) is 9.50. The minimum atomic E-state index is -0.119. The Bertz CT molecular complexity index is 969. The number of aliphatic hydroxyl groups is 1. The van der Waals surface area contributed by atoms with E-state index in [1.807, 2.05) is 55.5 Å². The van der Waals surface area contributed by atoms with Gasteiger partial charge in [0.1, 0.15) is 11.6 Å². The van der Waals surface area contributed by atoms with Gasteiger partial charge in [-0.1, -0.05) is 54.2 Å². The Morgan fingerprint density at radius 2 is 1.77 bits per heavy atom. The normalized spacial score (nSPS) is 11.7. The second-order valence-electron chi connectivity index (χ2n) is 6.71. The van der Waals surface area contributed by atoms with E-state index in [9.17, 15) is 9.90 Å². The molecule has 2 aromatic carbocycles. The molecule has 3 rings (SSSR count). The van der Waals surface area contributed by atoms with Crippen LogP contribution in [0.4, 0.5) is 11.6 Å². The highest BCUT2D eigenvalue weighted by molar-refractivity contribution is 8.00. The number of benzene rings is 2. The maximum absolute atomic E-state index is 11.4. The Balaban J connectivity index is 1.72. The van der Waals surface area contributed by atoms with Crippen molar-refractivity contribution in [1.29, 1.82) is 0 Å². The third kappa shape index (κ3) is 6.76. The third-order valence-corrected chi connectivity index (χ3v) is 5.86. The number of carbonyl (C=O) groups is 1. The number of nitrogens with zero attached hydrogens (tertiary/aromatic N) is 2. The van der Waals surface area contributed by atoms with Crippen molar-refractivity contribution in [3.8, 4) is 0 Å². The zero-order valence-corrected chi connectivity index (χ0v) is 18.5. The number of anilines is 2. The SMILES string of the molecule is CC(=O)c1ccc(SNc2cc(N[C@H](C)CO)nc(SCc3ccccc3)n2)cc1. The molecule has 1 heterocycles. The van der Waals surface area contributed by atoms with Crippen LogP contribution >= 0.6 is 23.7 Å². The highest BCUT2D eigenvalue weighted by atomic mass is 32.2.